The van der Waals surface area contributed by atoms with Gasteiger partial charge in [0.2, 0.25) is 0 Å². The first-order valence-corrected chi connectivity index (χ1v) is 4.83. The molecular weight excluding hydrogens is 168 g/mol. The van der Waals surface area contributed by atoms with Gasteiger partial charge < -0.3 is 0 Å². The summed E-state index contributed by atoms with van der Waals surface area (Å²) in [4.78, 5) is 10.6. The van der Waals surface area contributed by atoms with Gasteiger partial charge in [-0.1, -0.05) is 18.2 Å². The number of carbonyl (C=O) groups is 1. The highest BCUT2D eigenvalue weighted by Gasteiger charge is 2.26. The lowest BCUT2D eigenvalue weighted by Crippen LogP contribution is -2.10. The maximum absolute atomic E-state index is 10.6. The van der Waals surface area contributed by atoms with Crippen molar-refractivity contribution < 1.29 is 4.79 Å². The molecule has 1 rings (SSSR count). The second-order valence-electron chi connectivity index (χ2n) is 2.59. The molecule has 10 heavy (non-hydrogen) atoms. The molecule has 0 heterocycles. The fraction of sp³-hybridized carbons (Fsp3) is 0.857. The molecule has 0 radical (unpaired) electrons. The SMILES string of the molecule is CC(=O)S[C@H]1CCC[C@@H]1Cl. The second-order valence-corrected chi connectivity index (χ2v) is 4.57. The van der Waals surface area contributed by atoms with Crippen molar-refractivity contribution in [3.05, 3.63) is 0 Å². The van der Waals surface area contributed by atoms with E-state index in [-0.39, 0.29) is 10.5 Å². The van der Waals surface area contributed by atoms with Crippen LogP contribution in [0.25, 0.3) is 0 Å². The molecule has 1 saturated carbocycles. The van der Waals surface area contributed by atoms with Crippen LogP contribution in [0, 0.1) is 0 Å². The summed E-state index contributed by atoms with van der Waals surface area (Å²) in [5.41, 5.74) is 0. The first-order chi connectivity index (χ1) is 4.70. The number of carbonyl (C=O) groups excluding carboxylic acids is 1. The van der Waals surface area contributed by atoms with Gasteiger partial charge in [-0.25, -0.2) is 0 Å². The zero-order chi connectivity index (χ0) is 7.56. The molecular formula is C7H11ClOS. The van der Waals surface area contributed by atoms with Crippen LogP contribution < -0.4 is 0 Å². The van der Waals surface area contributed by atoms with E-state index in [9.17, 15) is 4.79 Å². The van der Waals surface area contributed by atoms with E-state index in [2.05, 4.69) is 0 Å². The van der Waals surface area contributed by atoms with Crippen LogP contribution >= 0.6 is 23.4 Å². The lowest BCUT2D eigenvalue weighted by atomic mass is 10.4. The molecule has 0 aliphatic heterocycles. The molecule has 0 aromatic carbocycles. The van der Waals surface area contributed by atoms with Crippen molar-refractivity contribution in [2.45, 2.75) is 36.8 Å². The van der Waals surface area contributed by atoms with Crippen molar-refractivity contribution in [2.75, 3.05) is 0 Å². The highest BCUT2D eigenvalue weighted by atomic mass is 35.5. The third-order valence-electron chi connectivity index (χ3n) is 1.69. The van der Waals surface area contributed by atoms with Crippen molar-refractivity contribution in [3.8, 4) is 0 Å². The molecule has 1 aliphatic carbocycles. The molecule has 1 nitrogen and oxygen atoms in total. The van der Waals surface area contributed by atoms with E-state index in [1.165, 1.54) is 18.2 Å². The highest BCUT2D eigenvalue weighted by molar-refractivity contribution is 8.14. The first kappa shape index (κ1) is 8.41. The summed E-state index contributed by atoms with van der Waals surface area (Å²) in [5, 5.41) is 0.811. The van der Waals surface area contributed by atoms with Gasteiger partial charge in [-0.15, -0.1) is 11.6 Å². The third kappa shape index (κ3) is 2.17. The number of hydrogen-bond acceptors (Lipinski definition) is 2. The largest absolute Gasteiger partial charge is 0.288 e. The third-order valence-corrected chi connectivity index (χ3v) is 3.56. The summed E-state index contributed by atoms with van der Waals surface area (Å²) in [7, 11) is 0. The minimum Gasteiger partial charge on any atom is -0.288 e. The molecule has 0 unspecified atom stereocenters. The molecule has 0 bridgehead atoms. The van der Waals surface area contributed by atoms with Gasteiger partial charge in [-0.05, 0) is 12.8 Å². The zero-order valence-corrected chi connectivity index (χ0v) is 7.54. The lowest BCUT2D eigenvalue weighted by molar-refractivity contribution is -0.109. The minimum absolute atomic E-state index is 0.192. The maximum atomic E-state index is 10.6. The quantitative estimate of drug-likeness (QED) is 0.574. The van der Waals surface area contributed by atoms with E-state index in [0.717, 1.165) is 12.8 Å². The predicted molar refractivity (Wildman–Crippen MR) is 45.6 cm³/mol. The number of rotatable bonds is 1. The van der Waals surface area contributed by atoms with Crippen LogP contribution in [0.1, 0.15) is 26.2 Å². The molecule has 0 N–H and O–H groups in total. The van der Waals surface area contributed by atoms with Gasteiger partial charge in [0.25, 0.3) is 0 Å². The molecule has 0 saturated heterocycles. The number of alkyl halides is 1. The van der Waals surface area contributed by atoms with Gasteiger partial charge in [0.15, 0.2) is 5.12 Å². The van der Waals surface area contributed by atoms with Crippen molar-refractivity contribution in [1.29, 1.82) is 0 Å². The first-order valence-electron chi connectivity index (χ1n) is 3.51. The molecule has 0 aromatic heterocycles. The van der Waals surface area contributed by atoms with Crippen LogP contribution in [0.15, 0.2) is 0 Å². The molecule has 3 heteroatoms. The van der Waals surface area contributed by atoms with Gasteiger partial charge in [0, 0.05) is 17.6 Å². The molecule has 0 spiro atoms. The van der Waals surface area contributed by atoms with Crippen molar-refractivity contribution in [1.82, 2.24) is 0 Å². The van der Waals surface area contributed by atoms with Gasteiger partial charge in [0.1, 0.15) is 0 Å². The number of hydrogen-bond donors (Lipinski definition) is 0. The van der Waals surface area contributed by atoms with E-state index >= 15 is 0 Å². The van der Waals surface area contributed by atoms with Gasteiger partial charge in [-0.2, -0.15) is 0 Å². The Labute approximate surface area is 70.5 Å². The summed E-state index contributed by atoms with van der Waals surface area (Å²) in [6.45, 7) is 1.60. The summed E-state index contributed by atoms with van der Waals surface area (Å²) in [5.74, 6) is 0. The van der Waals surface area contributed by atoms with Gasteiger partial charge in [0.05, 0.1) is 0 Å². The van der Waals surface area contributed by atoms with Crippen LogP contribution in [-0.2, 0) is 4.79 Å². The summed E-state index contributed by atoms with van der Waals surface area (Å²) in [6.07, 6.45) is 3.37. The molecule has 58 valence electrons. The zero-order valence-electron chi connectivity index (χ0n) is 5.97. The van der Waals surface area contributed by atoms with E-state index in [4.69, 9.17) is 11.6 Å². The van der Waals surface area contributed by atoms with E-state index in [1.54, 1.807) is 6.92 Å². The second kappa shape index (κ2) is 3.63. The fourth-order valence-corrected chi connectivity index (χ4v) is 2.66. The average Bonchev–Trinajstić information content (AvgIpc) is 2.15. The van der Waals surface area contributed by atoms with Crippen LogP contribution in [0.3, 0.4) is 0 Å². The lowest BCUT2D eigenvalue weighted by Gasteiger charge is -2.09. The molecule has 1 fully saturated rings. The van der Waals surface area contributed by atoms with E-state index in [1.807, 2.05) is 0 Å². The predicted octanol–water partition coefficient (Wildman–Crippen LogP) is 2.43. The van der Waals surface area contributed by atoms with Crippen LogP contribution in [0.5, 0.6) is 0 Å². The Morgan fingerprint density at radius 3 is 2.70 bits per heavy atom. The Balaban J connectivity index is 2.33. The monoisotopic (exact) mass is 178 g/mol. The van der Waals surface area contributed by atoms with Crippen LogP contribution in [-0.4, -0.2) is 15.7 Å². The summed E-state index contributed by atoms with van der Waals surface area (Å²) in [6, 6.07) is 0. The van der Waals surface area contributed by atoms with Crippen molar-refractivity contribution in [2.24, 2.45) is 0 Å². The normalized spacial score (nSPS) is 32.6. The smallest absolute Gasteiger partial charge is 0.186 e. The van der Waals surface area contributed by atoms with Gasteiger partial charge >= 0.3 is 0 Å². The number of thioether (sulfide) groups is 1. The molecule has 1 aliphatic rings. The standard InChI is InChI=1S/C7H11ClOS/c1-5(9)10-7-4-2-3-6(7)8/h6-7H,2-4H2,1H3/t6-,7-/m0/s1. The number of halogens is 1. The van der Waals surface area contributed by atoms with Crippen LogP contribution in [0.4, 0.5) is 0 Å². The minimum atomic E-state index is 0.192. The Bertz CT molecular complexity index is 138. The summed E-state index contributed by atoms with van der Waals surface area (Å²) >= 11 is 7.35. The Morgan fingerprint density at radius 2 is 2.30 bits per heavy atom. The van der Waals surface area contributed by atoms with E-state index < -0.39 is 0 Å². The molecule has 0 aromatic rings. The van der Waals surface area contributed by atoms with Gasteiger partial charge in [-0.3, -0.25) is 4.79 Å². The summed E-state index contributed by atoms with van der Waals surface area (Å²) < 4.78 is 0. The average molecular weight is 179 g/mol. The fourth-order valence-electron chi connectivity index (χ4n) is 1.23. The highest BCUT2D eigenvalue weighted by Crippen LogP contribution is 2.33. The van der Waals surface area contributed by atoms with Crippen molar-refractivity contribution in [3.63, 3.8) is 0 Å². The maximum Gasteiger partial charge on any atom is 0.186 e. The Kier molecular flexibility index (Phi) is 3.05. The topological polar surface area (TPSA) is 17.1 Å². The molecule has 0 amide bonds. The van der Waals surface area contributed by atoms with Crippen molar-refractivity contribution >= 4 is 28.5 Å². The van der Waals surface area contributed by atoms with Crippen LogP contribution in [0.2, 0.25) is 0 Å². The molecule has 2 atom stereocenters. The van der Waals surface area contributed by atoms with E-state index in [0.29, 0.717) is 5.25 Å². The Hall–Kier alpha value is 0.310. The Morgan fingerprint density at radius 1 is 1.60 bits per heavy atom.